The first kappa shape index (κ1) is 18.4. The van der Waals surface area contributed by atoms with Crippen molar-refractivity contribution in [1.82, 2.24) is 5.32 Å². The number of thiophene rings is 1. The zero-order valence-electron chi connectivity index (χ0n) is 14.2. The molecule has 0 atom stereocenters. The maximum atomic E-state index is 12.6. The smallest absolute Gasteiger partial charge is 0.252 e. The number of hydrogen-bond donors (Lipinski definition) is 1. The Balaban J connectivity index is 1.54. The van der Waals surface area contributed by atoms with Crippen molar-refractivity contribution >= 4 is 34.8 Å². The molecule has 0 bridgehead atoms. The summed E-state index contributed by atoms with van der Waals surface area (Å²) in [4.78, 5) is 25.7. The number of nitrogens with one attached hydrogen (secondary N) is 1. The van der Waals surface area contributed by atoms with Gasteiger partial charge in [0.25, 0.3) is 5.91 Å². The molecular weight excluding hydrogens is 362 g/mol. The average Bonchev–Trinajstić information content (AvgIpc) is 3.22. The summed E-state index contributed by atoms with van der Waals surface area (Å²) >= 11 is 3.16. The zero-order valence-corrected chi connectivity index (χ0v) is 15.8. The Labute approximate surface area is 161 Å². The minimum Gasteiger partial charge on any atom is -0.351 e. The number of benzene rings is 2. The topological polar surface area (TPSA) is 46.2 Å². The van der Waals surface area contributed by atoms with Crippen LogP contribution in [0.2, 0.25) is 0 Å². The summed E-state index contributed by atoms with van der Waals surface area (Å²) in [6.07, 6.45) is 0. The van der Waals surface area contributed by atoms with E-state index in [2.05, 4.69) is 17.4 Å². The molecule has 3 rings (SSSR count). The van der Waals surface area contributed by atoms with E-state index in [1.165, 1.54) is 16.9 Å². The molecule has 0 aliphatic carbocycles. The molecule has 1 N–H and O–H groups in total. The van der Waals surface area contributed by atoms with Crippen molar-refractivity contribution < 1.29 is 9.59 Å². The molecule has 0 unspecified atom stereocenters. The maximum Gasteiger partial charge on any atom is 0.252 e. The second kappa shape index (κ2) is 9.36. The third-order valence-corrected chi connectivity index (χ3v) is 5.70. The molecule has 2 aromatic carbocycles. The summed E-state index contributed by atoms with van der Waals surface area (Å²) in [5.41, 5.74) is 2.15. The first-order chi connectivity index (χ1) is 12.8. The van der Waals surface area contributed by atoms with E-state index < -0.39 is 0 Å². The normalized spacial score (nSPS) is 10.5. The molecule has 0 fully saturated rings. The third kappa shape index (κ3) is 4.84. The van der Waals surface area contributed by atoms with Crippen LogP contribution in [0.4, 0.5) is 0 Å². The van der Waals surface area contributed by atoms with Crippen molar-refractivity contribution in [1.29, 1.82) is 0 Å². The lowest BCUT2D eigenvalue weighted by Crippen LogP contribution is -2.27. The van der Waals surface area contributed by atoms with Gasteiger partial charge in [0.2, 0.25) is 5.78 Å². The second-order valence-corrected chi connectivity index (χ2v) is 7.70. The number of thioether (sulfide) groups is 1. The van der Waals surface area contributed by atoms with Crippen LogP contribution in [0, 0.1) is 0 Å². The quantitative estimate of drug-likeness (QED) is 0.457. The van der Waals surface area contributed by atoms with E-state index in [4.69, 9.17) is 0 Å². The lowest BCUT2D eigenvalue weighted by molar-refractivity contribution is 0.0945. The Kier molecular flexibility index (Phi) is 6.63. The summed E-state index contributed by atoms with van der Waals surface area (Å²) in [5.74, 6) is 1.43. The van der Waals surface area contributed by atoms with Gasteiger partial charge in [0.15, 0.2) is 0 Å². The van der Waals surface area contributed by atoms with Crippen LogP contribution >= 0.6 is 23.1 Å². The number of carbonyl (C=O) groups excluding carboxylic acids is 2. The average molecular weight is 382 g/mol. The number of ketones is 1. The summed E-state index contributed by atoms with van der Waals surface area (Å²) in [6.45, 7) is 0.567. The van der Waals surface area contributed by atoms with Crippen LogP contribution in [0.3, 0.4) is 0 Å². The lowest BCUT2D eigenvalue weighted by atomic mass is 10.0. The Morgan fingerprint density at radius 3 is 2.35 bits per heavy atom. The van der Waals surface area contributed by atoms with Gasteiger partial charge in [0.1, 0.15) is 0 Å². The fourth-order valence-corrected chi connectivity index (χ4v) is 4.01. The van der Waals surface area contributed by atoms with Crippen LogP contribution < -0.4 is 5.32 Å². The van der Waals surface area contributed by atoms with E-state index in [-0.39, 0.29) is 11.7 Å². The van der Waals surface area contributed by atoms with Gasteiger partial charge in [-0.2, -0.15) is 11.8 Å². The Hall–Kier alpha value is -2.37. The molecule has 0 aliphatic heterocycles. The second-order valence-electron chi connectivity index (χ2n) is 5.65. The van der Waals surface area contributed by atoms with Gasteiger partial charge in [0, 0.05) is 23.6 Å². The number of rotatable bonds is 8. The van der Waals surface area contributed by atoms with Crippen LogP contribution in [0.15, 0.2) is 72.1 Å². The largest absolute Gasteiger partial charge is 0.351 e. The molecule has 0 spiro atoms. The van der Waals surface area contributed by atoms with Gasteiger partial charge in [0.05, 0.1) is 10.4 Å². The highest BCUT2D eigenvalue weighted by atomic mass is 32.2. The first-order valence-corrected chi connectivity index (χ1v) is 10.4. The SMILES string of the molecule is O=C(NCCSCc1ccccc1)c1ccccc1C(=O)c1cccs1. The van der Waals surface area contributed by atoms with E-state index in [0.717, 1.165) is 11.5 Å². The predicted molar refractivity (Wildman–Crippen MR) is 109 cm³/mol. The molecule has 1 aromatic heterocycles. The van der Waals surface area contributed by atoms with E-state index in [9.17, 15) is 9.59 Å². The standard InChI is InChI=1S/C21H19NO2S2/c23-20(19-11-6-13-26-19)17-9-4-5-10-18(17)21(24)22-12-14-25-15-16-7-2-1-3-8-16/h1-11,13H,12,14-15H2,(H,22,24). The summed E-state index contributed by atoms with van der Waals surface area (Å²) < 4.78 is 0. The fraction of sp³-hybridized carbons (Fsp3) is 0.143. The van der Waals surface area contributed by atoms with E-state index in [1.807, 2.05) is 29.6 Å². The first-order valence-electron chi connectivity index (χ1n) is 8.33. The third-order valence-electron chi connectivity index (χ3n) is 3.80. The van der Waals surface area contributed by atoms with Gasteiger partial charge < -0.3 is 5.32 Å². The highest BCUT2D eigenvalue weighted by Crippen LogP contribution is 2.18. The number of hydrogen-bond acceptors (Lipinski definition) is 4. The van der Waals surface area contributed by atoms with Gasteiger partial charge >= 0.3 is 0 Å². The minimum atomic E-state index is -0.203. The van der Waals surface area contributed by atoms with Crippen molar-refractivity contribution in [2.45, 2.75) is 5.75 Å². The predicted octanol–water partition coefficient (Wildman–Crippen LogP) is 4.64. The van der Waals surface area contributed by atoms with E-state index >= 15 is 0 Å². The molecule has 3 nitrogen and oxygen atoms in total. The van der Waals surface area contributed by atoms with Crippen LogP contribution in [-0.2, 0) is 5.75 Å². The molecule has 5 heteroatoms. The van der Waals surface area contributed by atoms with Crippen LogP contribution in [0.1, 0.15) is 31.2 Å². The van der Waals surface area contributed by atoms with Crippen LogP contribution in [0.25, 0.3) is 0 Å². The van der Waals surface area contributed by atoms with Crippen molar-refractivity contribution in [2.24, 2.45) is 0 Å². The molecule has 132 valence electrons. The molecule has 0 radical (unpaired) electrons. The minimum absolute atomic E-state index is 0.107. The van der Waals surface area contributed by atoms with Crippen LogP contribution in [0.5, 0.6) is 0 Å². The Morgan fingerprint density at radius 1 is 0.885 bits per heavy atom. The molecule has 0 aliphatic rings. The number of carbonyl (C=O) groups is 2. The Bertz CT molecular complexity index is 861. The van der Waals surface area contributed by atoms with E-state index in [0.29, 0.717) is 22.5 Å². The zero-order chi connectivity index (χ0) is 18.2. The van der Waals surface area contributed by atoms with Crippen molar-refractivity contribution in [3.05, 3.63) is 93.7 Å². The highest BCUT2D eigenvalue weighted by Gasteiger charge is 2.18. The van der Waals surface area contributed by atoms with E-state index in [1.54, 1.807) is 42.1 Å². The van der Waals surface area contributed by atoms with Crippen molar-refractivity contribution in [2.75, 3.05) is 12.3 Å². The lowest BCUT2D eigenvalue weighted by Gasteiger charge is -2.09. The molecule has 0 saturated heterocycles. The summed E-state index contributed by atoms with van der Waals surface area (Å²) in [6, 6.07) is 20.8. The van der Waals surface area contributed by atoms with Crippen molar-refractivity contribution in [3.8, 4) is 0 Å². The summed E-state index contributed by atoms with van der Waals surface area (Å²) in [5, 5.41) is 4.78. The van der Waals surface area contributed by atoms with Gasteiger partial charge in [-0.25, -0.2) is 0 Å². The van der Waals surface area contributed by atoms with Crippen molar-refractivity contribution in [3.63, 3.8) is 0 Å². The summed E-state index contributed by atoms with van der Waals surface area (Å²) in [7, 11) is 0. The highest BCUT2D eigenvalue weighted by molar-refractivity contribution is 7.98. The molecule has 26 heavy (non-hydrogen) atoms. The molecule has 1 amide bonds. The Morgan fingerprint density at radius 2 is 1.62 bits per heavy atom. The van der Waals surface area contributed by atoms with Gasteiger partial charge in [-0.15, -0.1) is 11.3 Å². The van der Waals surface area contributed by atoms with Gasteiger partial charge in [-0.3, -0.25) is 9.59 Å². The monoisotopic (exact) mass is 381 g/mol. The van der Waals surface area contributed by atoms with Gasteiger partial charge in [-0.05, 0) is 23.1 Å². The molecule has 0 saturated carbocycles. The molecule has 1 heterocycles. The molecular formula is C21H19NO2S2. The maximum absolute atomic E-state index is 12.6. The number of amides is 1. The van der Waals surface area contributed by atoms with Crippen LogP contribution in [-0.4, -0.2) is 24.0 Å². The molecule has 3 aromatic rings. The van der Waals surface area contributed by atoms with Gasteiger partial charge in [-0.1, -0.05) is 54.6 Å². The fourth-order valence-electron chi connectivity index (χ4n) is 2.52.